The van der Waals surface area contributed by atoms with Crippen LogP contribution in [0.3, 0.4) is 0 Å². The molecule has 0 spiro atoms. The number of benzene rings is 4. The lowest BCUT2D eigenvalue weighted by molar-refractivity contribution is 0.191. The molecule has 0 N–H and O–H groups in total. The van der Waals surface area contributed by atoms with E-state index in [1.54, 1.807) is 0 Å². The smallest absolute Gasteiger partial charge is 0.173 e. The molecule has 4 aromatic carbocycles. The number of hydrogen-bond acceptors (Lipinski definition) is 2. The summed E-state index contributed by atoms with van der Waals surface area (Å²) in [6, 6.07) is 28.4. The highest BCUT2D eigenvalue weighted by Gasteiger charge is 2.55. The SMILES string of the molecule is Cc1ccc([Si](c2ccc(C)cc2)(C2C=CC=C2)C2CC(C)(C)c3cc4c(cc3O2)Cc2cc3c(cc2-4)C(C)(C)CCO3)cc1. The standard InChI is InChI=1S/C42H44O2Si/c1-27-11-15-32(16-12-27)45(31-9-7-8-10-31,33-17-13-28(2)14-18-33)40-26-42(5,6)37-25-35-30(23-39(37)44-40)21-29-22-38-36(24-34(29)35)41(3,4)19-20-43-38/h7-18,22-25,31,40H,19-21,26H2,1-6H3. The second-order valence-electron chi connectivity index (χ2n) is 15.3. The van der Waals surface area contributed by atoms with Gasteiger partial charge in [-0.2, -0.15) is 0 Å². The predicted octanol–water partition coefficient (Wildman–Crippen LogP) is 8.66. The lowest BCUT2D eigenvalue weighted by Crippen LogP contribution is -2.71. The maximum absolute atomic E-state index is 7.44. The molecule has 228 valence electrons. The Morgan fingerprint density at radius 2 is 1.20 bits per heavy atom. The molecule has 4 aliphatic rings. The van der Waals surface area contributed by atoms with Crippen molar-refractivity contribution in [3.8, 4) is 22.6 Å². The quantitative estimate of drug-likeness (QED) is 0.190. The zero-order valence-electron chi connectivity index (χ0n) is 27.5. The van der Waals surface area contributed by atoms with Crippen molar-refractivity contribution in [3.63, 3.8) is 0 Å². The Kier molecular flexibility index (Phi) is 6.42. The summed E-state index contributed by atoms with van der Waals surface area (Å²) in [5, 5.41) is 2.90. The van der Waals surface area contributed by atoms with E-state index in [0.29, 0.717) is 5.54 Å². The van der Waals surface area contributed by atoms with E-state index < -0.39 is 8.07 Å². The fourth-order valence-corrected chi connectivity index (χ4v) is 14.3. The van der Waals surface area contributed by atoms with E-state index in [2.05, 4.69) is 139 Å². The number of fused-ring (bicyclic) bond motifs is 5. The van der Waals surface area contributed by atoms with Gasteiger partial charge in [-0.05, 0) is 101 Å². The van der Waals surface area contributed by atoms with Gasteiger partial charge in [0.15, 0.2) is 8.07 Å². The number of rotatable bonds is 4. The molecule has 1 atom stereocenters. The molecule has 45 heavy (non-hydrogen) atoms. The molecule has 3 heteroatoms. The monoisotopic (exact) mass is 608 g/mol. The van der Waals surface area contributed by atoms with Gasteiger partial charge < -0.3 is 9.47 Å². The van der Waals surface area contributed by atoms with Crippen molar-refractivity contribution in [1.82, 2.24) is 0 Å². The Labute approximate surface area is 269 Å². The highest BCUT2D eigenvalue weighted by Crippen LogP contribution is 2.51. The van der Waals surface area contributed by atoms with Crippen LogP contribution in [0.2, 0.25) is 5.54 Å². The van der Waals surface area contributed by atoms with Gasteiger partial charge in [0.2, 0.25) is 0 Å². The first kappa shape index (κ1) is 28.6. The van der Waals surface area contributed by atoms with Crippen molar-refractivity contribution in [2.45, 2.75) is 82.9 Å². The number of hydrogen-bond donors (Lipinski definition) is 0. The summed E-state index contributed by atoms with van der Waals surface area (Å²) in [4.78, 5) is 0. The van der Waals surface area contributed by atoms with E-state index >= 15 is 0 Å². The lowest BCUT2D eigenvalue weighted by Gasteiger charge is -2.49. The minimum Gasteiger partial charge on any atom is -0.493 e. The van der Waals surface area contributed by atoms with Crippen molar-refractivity contribution >= 4 is 18.4 Å². The Balaban J connectivity index is 1.28. The number of aryl methyl sites for hydroxylation is 2. The first-order valence-electron chi connectivity index (χ1n) is 16.7. The molecule has 2 aliphatic heterocycles. The molecule has 8 rings (SSSR count). The molecule has 0 amide bonds. The average molecular weight is 609 g/mol. The molecule has 2 nitrogen and oxygen atoms in total. The summed E-state index contributed by atoms with van der Waals surface area (Å²) >= 11 is 0. The zero-order chi connectivity index (χ0) is 31.1. The van der Waals surface area contributed by atoms with Crippen LogP contribution in [0.1, 0.15) is 73.9 Å². The molecular formula is C42H44O2Si. The van der Waals surface area contributed by atoms with Crippen LogP contribution >= 0.6 is 0 Å². The second-order valence-corrected chi connectivity index (χ2v) is 19.5. The maximum Gasteiger partial charge on any atom is 0.173 e. The van der Waals surface area contributed by atoms with Crippen molar-refractivity contribution in [2.24, 2.45) is 0 Å². The van der Waals surface area contributed by atoms with Crippen LogP contribution in [0.25, 0.3) is 11.1 Å². The van der Waals surface area contributed by atoms with E-state index in [9.17, 15) is 0 Å². The molecule has 0 fully saturated rings. The van der Waals surface area contributed by atoms with E-state index in [1.807, 2.05) is 0 Å². The van der Waals surface area contributed by atoms with Gasteiger partial charge >= 0.3 is 0 Å². The minimum absolute atomic E-state index is 0.0493. The molecule has 0 saturated heterocycles. The minimum atomic E-state index is -2.55. The third kappa shape index (κ3) is 4.41. The Morgan fingerprint density at radius 1 is 0.667 bits per heavy atom. The van der Waals surface area contributed by atoms with Gasteiger partial charge in [0.05, 0.1) is 12.3 Å². The fraction of sp³-hybridized carbons (Fsp3) is 0.333. The third-order valence-electron chi connectivity index (χ3n) is 11.3. The summed E-state index contributed by atoms with van der Waals surface area (Å²) in [6.07, 6.45) is 12.3. The fourth-order valence-electron chi connectivity index (χ4n) is 8.62. The van der Waals surface area contributed by atoms with Crippen molar-refractivity contribution < 1.29 is 9.47 Å². The molecule has 4 aromatic rings. The van der Waals surface area contributed by atoms with E-state index in [4.69, 9.17) is 9.47 Å². The average Bonchev–Trinajstić information content (AvgIpc) is 3.65. The van der Waals surface area contributed by atoms with Gasteiger partial charge in [0.1, 0.15) is 11.5 Å². The summed E-state index contributed by atoms with van der Waals surface area (Å²) in [5.41, 5.74) is 11.3. The van der Waals surface area contributed by atoms with E-state index in [1.165, 1.54) is 54.9 Å². The Bertz CT molecular complexity index is 1820. The van der Waals surface area contributed by atoms with Gasteiger partial charge in [-0.25, -0.2) is 0 Å². The molecule has 0 aromatic heterocycles. The zero-order valence-corrected chi connectivity index (χ0v) is 28.5. The summed E-state index contributed by atoms with van der Waals surface area (Å²) in [5.74, 6) is 2.15. The highest BCUT2D eigenvalue weighted by atomic mass is 28.3. The van der Waals surface area contributed by atoms with Crippen LogP contribution in [-0.2, 0) is 17.3 Å². The molecule has 0 radical (unpaired) electrons. The summed E-state index contributed by atoms with van der Waals surface area (Å²) in [7, 11) is -2.55. The normalized spacial score (nSPS) is 20.5. The lowest BCUT2D eigenvalue weighted by atomic mass is 9.77. The van der Waals surface area contributed by atoms with Crippen LogP contribution in [0.4, 0.5) is 0 Å². The van der Waals surface area contributed by atoms with Crippen LogP contribution in [0.15, 0.2) is 97.1 Å². The van der Waals surface area contributed by atoms with Gasteiger partial charge in [0, 0.05) is 16.7 Å². The topological polar surface area (TPSA) is 18.5 Å². The molecule has 2 heterocycles. The van der Waals surface area contributed by atoms with Crippen LogP contribution in [0, 0.1) is 13.8 Å². The van der Waals surface area contributed by atoms with Gasteiger partial charge in [0.25, 0.3) is 0 Å². The van der Waals surface area contributed by atoms with Crippen molar-refractivity contribution in [2.75, 3.05) is 6.61 Å². The van der Waals surface area contributed by atoms with Crippen LogP contribution in [0.5, 0.6) is 11.5 Å². The largest absolute Gasteiger partial charge is 0.493 e. The van der Waals surface area contributed by atoms with Crippen LogP contribution < -0.4 is 19.8 Å². The molecular weight excluding hydrogens is 565 g/mol. The summed E-state index contributed by atoms with van der Waals surface area (Å²) in [6.45, 7) is 14.8. The molecule has 1 unspecified atom stereocenters. The summed E-state index contributed by atoms with van der Waals surface area (Å²) < 4.78 is 13.6. The third-order valence-corrected chi connectivity index (χ3v) is 16.7. The molecule has 2 aliphatic carbocycles. The Morgan fingerprint density at radius 3 is 1.78 bits per heavy atom. The number of ether oxygens (including phenoxy) is 2. The molecule has 0 saturated carbocycles. The van der Waals surface area contributed by atoms with Gasteiger partial charge in [-0.15, -0.1) is 0 Å². The first-order valence-corrected chi connectivity index (χ1v) is 18.9. The molecule has 0 bridgehead atoms. The van der Waals surface area contributed by atoms with Crippen LogP contribution in [-0.4, -0.2) is 20.4 Å². The number of allylic oxidation sites excluding steroid dienone is 4. The van der Waals surface area contributed by atoms with Crippen molar-refractivity contribution in [3.05, 3.63) is 130 Å². The predicted molar refractivity (Wildman–Crippen MR) is 189 cm³/mol. The van der Waals surface area contributed by atoms with Crippen molar-refractivity contribution in [1.29, 1.82) is 0 Å². The highest BCUT2D eigenvalue weighted by molar-refractivity contribution is 7.05. The second kappa shape index (κ2) is 10.1. The maximum atomic E-state index is 7.44. The van der Waals surface area contributed by atoms with Gasteiger partial charge in [-0.3, -0.25) is 0 Å². The van der Waals surface area contributed by atoms with E-state index in [0.717, 1.165) is 37.4 Å². The Hall–Kier alpha value is -3.82. The first-order chi connectivity index (χ1) is 21.6. The van der Waals surface area contributed by atoms with E-state index in [-0.39, 0.29) is 16.6 Å². The van der Waals surface area contributed by atoms with Gasteiger partial charge in [-0.1, -0.05) is 112 Å².